The second-order valence-electron chi connectivity index (χ2n) is 4.02. The summed E-state index contributed by atoms with van der Waals surface area (Å²) in [5.41, 5.74) is 1.45. The van der Waals surface area contributed by atoms with Gasteiger partial charge in [0.2, 0.25) is 0 Å². The molecule has 0 aliphatic carbocycles. The van der Waals surface area contributed by atoms with Gasteiger partial charge in [-0.2, -0.15) is 0 Å². The summed E-state index contributed by atoms with van der Waals surface area (Å²) < 4.78 is 0. The van der Waals surface area contributed by atoms with Crippen LogP contribution in [-0.4, -0.2) is 37.1 Å². The van der Waals surface area contributed by atoms with Gasteiger partial charge in [-0.25, -0.2) is 4.79 Å². The van der Waals surface area contributed by atoms with E-state index >= 15 is 0 Å². The molecule has 0 aromatic heterocycles. The summed E-state index contributed by atoms with van der Waals surface area (Å²) in [4.78, 5) is 22.0. The maximum Gasteiger partial charge on any atom is 0.314 e. The van der Waals surface area contributed by atoms with E-state index in [1.165, 1.54) is 6.92 Å². The first kappa shape index (κ1) is 15.9. The van der Waals surface area contributed by atoms with Crippen molar-refractivity contribution in [3.8, 4) is 0 Å². The molecule has 4 N–H and O–H groups in total. The third kappa shape index (κ3) is 5.66. The highest BCUT2D eigenvalue weighted by Crippen LogP contribution is 2.09. The number of nitrogens with one attached hydrogen (secondary N) is 4. The number of rotatable bonds is 5. The number of ketones is 1. The molecule has 0 bridgehead atoms. The zero-order chi connectivity index (χ0) is 15.0. The first-order valence-electron chi connectivity index (χ1n) is 6.14. The Morgan fingerprint density at radius 1 is 1.10 bits per heavy atom. The Labute approximate surface area is 123 Å². The van der Waals surface area contributed by atoms with E-state index in [2.05, 4.69) is 21.3 Å². The maximum absolute atomic E-state index is 11.1. The highest BCUT2D eigenvalue weighted by Gasteiger charge is 2.01. The number of urea groups is 1. The molecule has 0 saturated carbocycles. The fraction of sp³-hybridized carbons (Fsp3) is 0.308. The molecule has 7 heteroatoms. The number of anilines is 1. The van der Waals surface area contributed by atoms with Crippen LogP contribution in [0.5, 0.6) is 0 Å². The normalized spacial score (nSPS) is 9.50. The minimum absolute atomic E-state index is 0.0255. The Morgan fingerprint density at radius 3 is 2.25 bits per heavy atom. The fourth-order valence-corrected chi connectivity index (χ4v) is 1.62. The smallest absolute Gasteiger partial charge is 0.314 e. The number of thiocarbonyl (C=S) groups is 1. The molecule has 0 atom stereocenters. The van der Waals surface area contributed by atoms with Gasteiger partial charge in [0.15, 0.2) is 10.9 Å². The molecule has 1 aromatic rings. The molecule has 6 nitrogen and oxygen atoms in total. The van der Waals surface area contributed by atoms with Crippen LogP contribution in [0.4, 0.5) is 10.5 Å². The van der Waals surface area contributed by atoms with Gasteiger partial charge in [-0.1, -0.05) is 0 Å². The summed E-state index contributed by atoms with van der Waals surface area (Å²) in [7, 11) is 1.56. The summed E-state index contributed by atoms with van der Waals surface area (Å²) in [6, 6.07) is 6.81. The van der Waals surface area contributed by atoms with Crippen LogP contribution in [0.25, 0.3) is 0 Å². The molecule has 108 valence electrons. The van der Waals surface area contributed by atoms with Gasteiger partial charge in [-0.15, -0.1) is 0 Å². The van der Waals surface area contributed by atoms with Crippen LogP contribution in [0.15, 0.2) is 24.3 Å². The van der Waals surface area contributed by atoms with E-state index < -0.39 is 0 Å². The standard InChI is InChI=1S/C13H18N4O2S/c1-9(18)10-3-5-11(6-4-10)17-13(20)16-8-7-15-12(19)14-2/h3-6H,7-8H2,1-2H3,(H2,14,15,19)(H2,16,17,20). The minimum Gasteiger partial charge on any atom is -0.361 e. The van der Waals surface area contributed by atoms with Crippen molar-refractivity contribution in [1.29, 1.82) is 0 Å². The number of hydrogen-bond donors (Lipinski definition) is 4. The van der Waals surface area contributed by atoms with Crippen molar-refractivity contribution in [3.05, 3.63) is 29.8 Å². The summed E-state index contributed by atoms with van der Waals surface area (Å²) in [5.74, 6) is 0.0255. The minimum atomic E-state index is -0.231. The predicted molar refractivity (Wildman–Crippen MR) is 83.1 cm³/mol. The Morgan fingerprint density at radius 2 is 1.70 bits per heavy atom. The lowest BCUT2D eigenvalue weighted by Gasteiger charge is -2.11. The van der Waals surface area contributed by atoms with Crippen LogP contribution in [0.3, 0.4) is 0 Å². The SMILES string of the molecule is CNC(=O)NCCNC(=S)Nc1ccc(C(C)=O)cc1. The number of hydrogen-bond acceptors (Lipinski definition) is 3. The van der Waals surface area contributed by atoms with E-state index in [-0.39, 0.29) is 11.8 Å². The molecule has 0 heterocycles. The lowest BCUT2D eigenvalue weighted by Crippen LogP contribution is -2.39. The fourth-order valence-electron chi connectivity index (χ4n) is 1.40. The van der Waals surface area contributed by atoms with Crippen molar-refractivity contribution in [2.45, 2.75) is 6.92 Å². The molecule has 1 rings (SSSR count). The molecule has 0 aliphatic heterocycles. The van der Waals surface area contributed by atoms with Crippen LogP contribution in [0.2, 0.25) is 0 Å². The van der Waals surface area contributed by atoms with Gasteiger partial charge in [0.25, 0.3) is 0 Å². The molecular weight excluding hydrogens is 276 g/mol. The maximum atomic E-state index is 11.1. The van der Waals surface area contributed by atoms with E-state index in [1.54, 1.807) is 31.3 Å². The highest BCUT2D eigenvalue weighted by molar-refractivity contribution is 7.80. The first-order chi connectivity index (χ1) is 9.52. The Balaban J connectivity index is 2.31. The van der Waals surface area contributed by atoms with Crippen molar-refractivity contribution in [2.75, 3.05) is 25.5 Å². The van der Waals surface area contributed by atoms with Crippen molar-refractivity contribution in [1.82, 2.24) is 16.0 Å². The molecule has 0 spiro atoms. The number of carbonyl (C=O) groups excluding carboxylic acids is 2. The van der Waals surface area contributed by atoms with Gasteiger partial charge < -0.3 is 21.3 Å². The molecule has 0 radical (unpaired) electrons. The van der Waals surface area contributed by atoms with E-state index in [0.29, 0.717) is 23.8 Å². The monoisotopic (exact) mass is 294 g/mol. The zero-order valence-corrected chi connectivity index (χ0v) is 12.3. The van der Waals surface area contributed by atoms with Crippen LogP contribution in [-0.2, 0) is 0 Å². The largest absolute Gasteiger partial charge is 0.361 e. The van der Waals surface area contributed by atoms with Gasteiger partial charge in [0.1, 0.15) is 0 Å². The van der Waals surface area contributed by atoms with Crippen molar-refractivity contribution >= 4 is 34.8 Å². The second kappa shape index (κ2) is 8.11. The molecule has 0 unspecified atom stereocenters. The average molecular weight is 294 g/mol. The van der Waals surface area contributed by atoms with Crippen LogP contribution in [0.1, 0.15) is 17.3 Å². The lowest BCUT2D eigenvalue weighted by molar-refractivity contribution is 0.101. The predicted octanol–water partition coefficient (Wildman–Crippen LogP) is 1.10. The third-order valence-corrected chi connectivity index (χ3v) is 2.72. The van der Waals surface area contributed by atoms with Gasteiger partial charge >= 0.3 is 6.03 Å². The van der Waals surface area contributed by atoms with E-state index in [4.69, 9.17) is 12.2 Å². The molecule has 2 amide bonds. The lowest BCUT2D eigenvalue weighted by atomic mass is 10.1. The summed E-state index contributed by atoms with van der Waals surface area (Å²) in [6.07, 6.45) is 0. The van der Waals surface area contributed by atoms with Gasteiger partial charge in [-0.3, -0.25) is 4.79 Å². The summed E-state index contributed by atoms with van der Waals surface area (Å²) in [5, 5.41) is 11.5. The Kier molecular flexibility index (Phi) is 6.45. The molecule has 1 aromatic carbocycles. The average Bonchev–Trinajstić information content (AvgIpc) is 2.43. The number of carbonyl (C=O) groups is 2. The van der Waals surface area contributed by atoms with Crippen molar-refractivity contribution in [2.24, 2.45) is 0 Å². The van der Waals surface area contributed by atoms with Crippen LogP contribution < -0.4 is 21.3 Å². The molecule has 20 heavy (non-hydrogen) atoms. The third-order valence-electron chi connectivity index (χ3n) is 2.47. The number of benzene rings is 1. The molecule has 0 saturated heterocycles. The number of amides is 2. The Bertz CT molecular complexity index is 488. The van der Waals surface area contributed by atoms with Crippen molar-refractivity contribution in [3.63, 3.8) is 0 Å². The molecule has 0 aliphatic rings. The summed E-state index contributed by atoms with van der Waals surface area (Å²) in [6.45, 7) is 2.50. The van der Waals surface area contributed by atoms with Crippen molar-refractivity contribution < 1.29 is 9.59 Å². The Hall–Kier alpha value is -2.15. The molecular formula is C13H18N4O2S. The van der Waals surface area contributed by atoms with E-state index in [1.807, 2.05) is 0 Å². The summed E-state index contributed by atoms with van der Waals surface area (Å²) >= 11 is 5.11. The topological polar surface area (TPSA) is 82.3 Å². The zero-order valence-electron chi connectivity index (χ0n) is 11.4. The van der Waals surface area contributed by atoms with Gasteiger partial charge in [0.05, 0.1) is 0 Å². The molecule has 0 fully saturated rings. The van der Waals surface area contributed by atoms with Crippen LogP contribution in [0, 0.1) is 0 Å². The van der Waals surface area contributed by atoms with Gasteiger partial charge in [0, 0.05) is 31.4 Å². The number of Topliss-reactive ketones (excluding diaryl/α,β-unsaturated/α-hetero) is 1. The van der Waals surface area contributed by atoms with Gasteiger partial charge in [-0.05, 0) is 43.4 Å². The van der Waals surface area contributed by atoms with Crippen LogP contribution >= 0.6 is 12.2 Å². The second-order valence-corrected chi connectivity index (χ2v) is 4.43. The van der Waals surface area contributed by atoms with E-state index in [0.717, 1.165) is 5.69 Å². The van der Waals surface area contributed by atoms with E-state index in [9.17, 15) is 9.59 Å². The highest BCUT2D eigenvalue weighted by atomic mass is 32.1. The quantitative estimate of drug-likeness (QED) is 0.371. The first-order valence-corrected chi connectivity index (χ1v) is 6.55.